The summed E-state index contributed by atoms with van der Waals surface area (Å²) in [7, 11) is -0.476. The van der Waals surface area contributed by atoms with Gasteiger partial charge in [0.2, 0.25) is 5.91 Å². The van der Waals surface area contributed by atoms with E-state index in [4.69, 9.17) is 29.5 Å². The largest absolute Gasteiger partial charge is 0.364 e. The predicted molar refractivity (Wildman–Crippen MR) is 214 cm³/mol. The van der Waals surface area contributed by atoms with Crippen LogP contribution in [0.25, 0.3) is 0 Å². The van der Waals surface area contributed by atoms with Crippen LogP contribution in [0.3, 0.4) is 0 Å². The number of nitrogens with one attached hydrogen (secondary N) is 5. The zero-order chi connectivity index (χ0) is 34.5. The van der Waals surface area contributed by atoms with Crippen molar-refractivity contribution in [1.29, 1.82) is 0 Å². The summed E-state index contributed by atoms with van der Waals surface area (Å²) in [5.41, 5.74) is 9.26. The highest BCUT2D eigenvalue weighted by molar-refractivity contribution is 7.95. The summed E-state index contributed by atoms with van der Waals surface area (Å²) in [4.78, 5) is 11.6. The lowest BCUT2D eigenvalue weighted by Gasteiger charge is -2.28. The molecule has 1 amide bonds. The Morgan fingerprint density at radius 1 is 0.592 bits per heavy atom. The fraction of sp³-hybridized carbons (Fsp3) is 0.0789. The van der Waals surface area contributed by atoms with E-state index < -0.39 is 7.26 Å². The van der Waals surface area contributed by atoms with Crippen LogP contribution in [0, 0.1) is 0 Å². The van der Waals surface area contributed by atoms with Crippen LogP contribution in [-0.2, 0) is 4.79 Å². The average Bonchev–Trinajstić information content (AvgIpc) is 3.15. The summed E-state index contributed by atoms with van der Waals surface area (Å²) in [6.45, 7) is 1.47. The summed E-state index contributed by atoms with van der Waals surface area (Å²) in [5, 5.41) is 23.1. The van der Waals surface area contributed by atoms with Crippen LogP contribution in [0.2, 0.25) is 0 Å². The van der Waals surface area contributed by atoms with E-state index >= 15 is 0 Å². The van der Waals surface area contributed by atoms with Crippen molar-refractivity contribution in [3.63, 3.8) is 0 Å². The molecule has 5 aromatic carbocycles. The van der Waals surface area contributed by atoms with Gasteiger partial charge in [0.15, 0.2) is 10.2 Å². The number of hydrogen-bond acceptors (Lipinski definition) is 5. The maximum absolute atomic E-state index is 11.6. The van der Waals surface area contributed by atoms with E-state index in [1.165, 1.54) is 22.8 Å². The lowest BCUT2D eigenvalue weighted by Crippen LogP contribution is -2.42. The minimum absolute atomic E-state index is 0.155. The molecule has 0 atom stereocenters. The minimum atomic E-state index is -2.19. The van der Waals surface area contributed by atoms with Crippen LogP contribution in [0.15, 0.2) is 156 Å². The Morgan fingerprint density at radius 2 is 1.00 bits per heavy atom. The van der Waals surface area contributed by atoms with Crippen LogP contribution in [0.1, 0.15) is 18.1 Å². The average molecular weight is 703 g/mol. The molecule has 5 aromatic rings. The summed E-state index contributed by atoms with van der Waals surface area (Å²) in [6.07, 6.45) is 0.566. The molecule has 0 saturated carbocycles. The molecule has 0 aromatic heterocycles. The van der Waals surface area contributed by atoms with Crippen LogP contribution >= 0.6 is 31.7 Å². The molecule has 0 fully saturated rings. The fourth-order valence-corrected chi connectivity index (χ4v) is 9.44. The Labute approximate surface area is 298 Å². The number of hydrazone groups is 2. The van der Waals surface area contributed by atoms with Crippen molar-refractivity contribution in [2.75, 3.05) is 18.7 Å². The highest BCUT2D eigenvalue weighted by atomic mass is 32.1. The highest BCUT2D eigenvalue weighted by Crippen LogP contribution is 2.54. The zero-order valence-electron chi connectivity index (χ0n) is 27.1. The van der Waals surface area contributed by atoms with Gasteiger partial charge in [0.05, 0.1) is 0 Å². The second kappa shape index (κ2) is 17.2. The first-order valence-corrected chi connectivity index (χ1v) is 18.4. The zero-order valence-corrected chi connectivity index (χ0v) is 29.7. The molecule has 5 rings (SSSR count). The Kier molecular flexibility index (Phi) is 12.3. The number of amides is 1. The highest BCUT2D eigenvalue weighted by Gasteiger charge is 2.45. The minimum Gasteiger partial charge on any atom is -0.364 e. The number of hydrogen-bond donors (Lipinski definition) is 5. The van der Waals surface area contributed by atoms with Gasteiger partial charge in [0, 0.05) is 30.8 Å². The van der Waals surface area contributed by atoms with Gasteiger partial charge in [-0.25, -0.2) is 0 Å². The standard InChI is InChI=1S/C38H36N7OPS2/c1-28(46)41-31-25-23-30(24-26-31)36(42-44-37(48)39-2)35(29-15-7-3-8-16-29)43-45-38(49)40-27-47(32-17-9-4-10-18-32,33-19-11-5-12-20-33)34-21-13-6-14-22-34/h3-26H,27H2,1-2H3,(H4-,39,40,41,42,43,44,45,46,48,49)/p+1. The van der Waals surface area contributed by atoms with E-state index in [0.717, 1.165) is 11.1 Å². The van der Waals surface area contributed by atoms with Crippen molar-refractivity contribution in [3.05, 3.63) is 157 Å². The third-order valence-electron chi connectivity index (χ3n) is 7.58. The second-order valence-electron chi connectivity index (χ2n) is 10.8. The Balaban J connectivity index is 1.51. The lowest BCUT2D eigenvalue weighted by atomic mass is 9.99. The van der Waals surface area contributed by atoms with Gasteiger partial charge in [-0.3, -0.25) is 15.6 Å². The van der Waals surface area contributed by atoms with Crippen LogP contribution < -0.4 is 42.7 Å². The van der Waals surface area contributed by atoms with Crippen molar-refractivity contribution in [3.8, 4) is 0 Å². The number of carbonyl (C=O) groups excluding carboxylic acids is 1. The molecule has 0 aliphatic carbocycles. The molecule has 0 bridgehead atoms. The Hall–Kier alpha value is -5.28. The molecular formula is C38H37N7OPS2+. The number of anilines is 1. The number of carbonyl (C=O) groups is 1. The fourth-order valence-electron chi connectivity index (χ4n) is 5.29. The van der Waals surface area contributed by atoms with Gasteiger partial charge in [-0.2, -0.15) is 10.2 Å². The molecule has 11 heteroatoms. The first kappa shape index (κ1) is 35.0. The summed E-state index contributed by atoms with van der Waals surface area (Å²) < 4.78 is 0. The number of benzene rings is 5. The van der Waals surface area contributed by atoms with E-state index in [1.54, 1.807) is 7.05 Å². The van der Waals surface area contributed by atoms with Crippen LogP contribution in [-0.4, -0.2) is 40.9 Å². The van der Waals surface area contributed by atoms with Gasteiger partial charge in [-0.1, -0.05) is 97.1 Å². The first-order chi connectivity index (χ1) is 23.9. The van der Waals surface area contributed by atoms with Gasteiger partial charge in [0.25, 0.3) is 0 Å². The summed E-state index contributed by atoms with van der Waals surface area (Å²) >= 11 is 11.2. The van der Waals surface area contributed by atoms with E-state index in [2.05, 4.69) is 105 Å². The van der Waals surface area contributed by atoms with Crippen molar-refractivity contribution in [1.82, 2.24) is 21.5 Å². The number of nitrogens with zero attached hydrogens (tertiary/aromatic N) is 2. The molecule has 0 unspecified atom stereocenters. The van der Waals surface area contributed by atoms with Gasteiger partial charge < -0.3 is 16.0 Å². The van der Waals surface area contributed by atoms with E-state index in [-0.39, 0.29) is 5.91 Å². The van der Waals surface area contributed by atoms with Gasteiger partial charge in [-0.05, 0) is 73.0 Å². The predicted octanol–water partition coefficient (Wildman–Crippen LogP) is 5.26. The topological polar surface area (TPSA) is 102 Å². The molecule has 0 aliphatic heterocycles. The molecule has 8 nitrogen and oxygen atoms in total. The molecule has 246 valence electrons. The lowest BCUT2D eigenvalue weighted by molar-refractivity contribution is -0.114. The van der Waals surface area contributed by atoms with Crippen LogP contribution in [0.4, 0.5) is 5.69 Å². The van der Waals surface area contributed by atoms with E-state index in [0.29, 0.717) is 33.6 Å². The molecule has 0 saturated heterocycles. The SMILES string of the molecule is CNC(=S)NN=C(C(=NNC(=S)NC[P+](c1ccccc1)(c1ccccc1)c1ccccc1)c1ccccc1)c1ccc(NC(C)=O)cc1. The summed E-state index contributed by atoms with van der Waals surface area (Å²) in [6, 6.07) is 48.8. The monoisotopic (exact) mass is 702 g/mol. The molecule has 0 aliphatic rings. The molecular weight excluding hydrogens is 666 g/mol. The quantitative estimate of drug-likeness (QED) is 0.0554. The number of thiocarbonyl (C=S) groups is 2. The summed E-state index contributed by atoms with van der Waals surface area (Å²) in [5.74, 6) is -0.155. The van der Waals surface area contributed by atoms with Crippen molar-refractivity contribution in [2.24, 2.45) is 10.2 Å². The smallest absolute Gasteiger partial charge is 0.221 e. The van der Waals surface area contributed by atoms with Gasteiger partial charge in [0.1, 0.15) is 40.9 Å². The maximum atomic E-state index is 11.6. The molecule has 49 heavy (non-hydrogen) atoms. The van der Waals surface area contributed by atoms with Crippen molar-refractivity contribution in [2.45, 2.75) is 6.92 Å². The molecule has 5 N–H and O–H groups in total. The van der Waals surface area contributed by atoms with Crippen molar-refractivity contribution >= 4 is 80.9 Å². The third-order valence-corrected chi connectivity index (χ3v) is 12.3. The maximum Gasteiger partial charge on any atom is 0.221 e. The van der Waals surface area contributed by atoms with E-state index in [9.17, 15) is 4.79 Å². The molecule has 0 heterocycles. The second-order valence-corrected chi connectivity index (χ2v) is 15.1. The molecule has 0 spiro atoms. The Morgan fingerprint density at radius 3 is 1.43 bits per heavy atom. The van der Waals surface area contributed by atoms with Crippen molar-refractivity contribution < 1.29 is 4.79 Å². The van der Waals surface area contributed by atoms with Crippen LogP contribution in [0.5, 0.6) is 0 Å². The first-order valence-electron chi connectivity index (χ1n) is 15.6. The Bertz CT molecular complexity index is 1830. The normalized spacial score (nSPS) is 11.6. The van der Waals surface area contributed by atoms with E-state index in [1.807, 2.05) is 72.8 Å². The third kappa shape index (κ3) is 9.00. The molecule has 0 radical (unpaired) electrons. The van der Waals surface area contributed by atoms with Gasteiger partial charge in [-0.15, -0.1) is 0 Å². The van der Waals surface area contributed by atoms with Gasteiger partial charge >= 0.3 is 0 Å². The number of rotatable bonds is 11.